The molecule has 0 aromatic carbocycles. The molecule has 0 amide bonds. The number of rotatable bonds is 4. The Morgan fingerprint density at radius 2 is 1.18 bits per heavy atom. The third-order valence-corrected chi connectivity index (χ3v) is 8.04. The lowest BCUT2D eigenvalue weighted by molar-refractivity contribution is 0.840. The predicted octanol–water partition coefficient (Wildman–Crippen LogP) is 3.65. The van der Waals surface area contributed by atoms with Gasteiger partial charge in [-0.25, -0.2) is 10.0 Å². The predicted molar refractivity (Wildman–Crippen MR) is 58.9 cm³/mol. The Morgan fingerprint density at radius 1 is 0.909 bits per heavy atom. The van der Waals surface area contributed by atoms with Crippen LogP contribution >= 0.6 is 10.0 Å². The van der Waals surface area contributed by atoms with Crippen LogP contribution in [0.5, 0.6) is 0 Å². The van der Waals surface area contributed by atoms with E-state index in [1.165, 1.54) is 12.8 Å². The minimum absolute atomic E-state index is 0.339. The highest BCUT2D eigenvalue weighted by molar-refractivity contribution is 8.33. The van der Waals surface area contributed by atoms with Gasteiger partial charge in [0.1, 0.15) is 0 Å². The van der Waals surface area contributed by atoms with E-state index in [0.717, 1.165) is 10.5 Å². The molecule has 0 fully saturated rings. The van der Waals surface area contributed by atoms with Crippen molar-refractivity contribution < 1.29 is 0 Å². The van der Waals surface area contributed by atoms with E-state index < -0.39 is 0 Å². The monoisotopic (exact) mass is 176 g/mol. The second-order valence-electron chi connectivity index (χ2n) is 3.92. The normalized spacial score (nSPS) is 19.5. The summed E-state index contributed by atoms with van der Waals surface area (Å²) < 4.78 is 0. The fourth-order valence-corrected chi connectivity index (χ4v) is 3.77. The van der Waals surface area contributed by atoms with Crippen LogP contribution < -0.4 is 0 Å². The first-order chi connectivity index (χ1) is 4.96. The van der Waals surface area contributed by atoms with E-state index in [1.807, 2.05) is 0 Å². The van der Waals surface area contributed by atoms with Gasteiger partial charge in [0.2, 0.25) is 0 Å². The van der Waals surface area contributed by atoms with E-state index >= 15 is 0 Å². The molecule has 0 saturated heterocycles. The zero-order valence-corrected chi connectivity index (χ0v) is 9.79. The molecule has 0 aliphatic heterocycles. The Balaban J connectivity index is 4.18. The van der Waals surface area contributed by atoms with Gasteiger partial charge in [-0.1, -0.05) is 27.7 Å². The Morgan fingerprint density at radius 3 is 1.36 bits per heavy atom. The quantitative estimate of drug-likeness (QED) is 0.613. The Kier molecular flexibility index (Phi) is 4.53. The lowest BCUT2D eigenvalue weighted by Gasteiger charge is -2.43. The van der Waals surface area contributed by atoms with E-state index in [2.05, 4.69) is 40.2 Å². The maximum atomic E-state index is 2.48. The van der Waals surface area contributed by atoms with Gasteiger partial charge in [0.15, 0.2) is 0 Å². The molecule has 0 N–H and O–H groups in total. The molecule has 0 aromatic heterocycles. The first kappa shape index (κ1) is 11.4. The van der Waals surface area contributed by atoms with Crippen molar-refractivity contribution in [1.82, 2.24) is 0 Å². The van der Waals surface area contributed by atoms with Gasteiger partial charge < -0.3 is 0 Å². The summed E-state index contributed by atoms with van der Waals surface area (Å²) >= 11 is 0. The van der Waals surface area contributed by atoms with Crippen molar-refractivity contribution in [2.45, 2.75) is 51.0 Å². The van der Waals surface area contributed by atoms with Crippen LogP contribution in [0.1, 0.15) is 40.5 Å². The average Bonchev–Trinajstić information content (AvgIpc) is 2.01. The summed E-state index contributed by atoms with van der Waals surface area (Å²) in [5.41, 5.74) is 0. The van der Waals surface area contributed by atoms with E-state index in [4.69, 9.17) is 0 Å². The Bertz CT molecular complexity index is 95.4. The van der Waals surface area contributed by atoms with Crippen molar-refractivity contribution in [3.05, 3.63) is 0 Å². The topological polar surface area (TPSA) is 0 Å². The zero-order chi connectivity index (χ0) is 9.07. The lowest BCUT2D eigenvalue weighted by Crippen LogP contribution is -2.21. The molecule has 0 aliphatic rings. The van der Waals surface area contributed by atoms with Gasteiger partial charge >= 0.3 is 0 Å². The summed E-state index contributed by atoms with van der Waals surface area (Å²) in [5.74, 6) is 0. The first-order valence-corrected chi connectivity index (χ1v) is 7.25. The highest BCUT2D eigenvalue weighted by Crippen LogP contribution is 2.51. The second-order valence-corrected chi connectivity index (χ2v) is 8.51. The molecule has 2 atom stereocenters. The van der Waals surface area contributed by atoms with Crippen LogP contribution in [0.2, 0.25) is 0 Å². The molecular formula is C10H24S. The van der Waals surface area contributed by atoms with Gasteiger partial charge in [0, 0.05) is 0 Å². The minimum Gasteiger partial charge on any atom is -0.242 e. The molecule has 2 unspecified atom stereocenters. The summed E-state index contributed by atoms with van der Waals surface area (Å²) in [7, 11) is -0.339. The zero-order valence-electron chi connectivity index (χ0n) is 8.98. The molecule has 0 heterocycles. The van der Waals surface area contributed by atoms with Crippen LogP contribution in [0.3, 0.4) is 0 Å². The third-order valence-electron chi connectivity index (χ3n) is 3.22. The van der Waals surface area contributed by atoms with E-state index in [0.29, 0.717) is 0 Å². The molecule has 0 rings (SSSR count). The second kappa shape index (κ2) is 4.39. The van der Waals surface area contributed by atoms with Gasteiger partial charge in [-0.3, -0.25) is 0 Å². The van der Waals surface area contributed by atoms with Gasteiger partial charge in [-0.15, -0.1) is 0 Å². The van der Waals surface area contributed by atoms with Crippen LogP contribution in [0.4, 0.5) is 0 Å². The summed E-state index contributed by atoms with van der Waals surface area (Å²) in [4.78, 5) is 0. The molecule has 70 valence electrons. The summed E-state index contributed by atoms with van der Waals surface area (Å²) in [6.07, 6.45) is 7.64. The first-order valence-electron chi connectivity index (χ1n) is 4.67. The lowest BCUT2D eigenvalue weighted by atomic mass is 10.4. The van der Waals surface area contributed by atoms with E-state index in [1.54, 1.807) is 0 Å². The number of hydrogen-bond acceptors (Lipinski definition) is 0. The van der Waals surface area contributed by atoms with E-state index in [9.17, 15) is 0 Å². The maximum absolute atomic E-state index is 2.48. The molecule has 0 saturated carbocycles. The molecule has 0 aliphatic carbocycles. The van der Waals surface area contributed by atoms with Crippen LogP contribution in [0.15, 0.2) is 0 Å². The SMILES string of the molecule is CCC(C)S(C)(C)C(C)CC. The van der Waals surface area contributed by atoms with Crippen LogP contribution in [-0.4, -0.2) is 23.0 Å². The smallest absolute Gasteiger partial charge is 0.0145 e. The van der Waals surface area contributed by atoms with Gasteiger partial charge in [0.25, 0.3) is 0 Å². The molecule has 0 radical (unpaired) electrons. The Labute approximate surface area is 74.1 Å². The van der Waals surface area contributed by atoms with Gasteiger partial charge in [-0.2, -0.15) is 0 Å². The molecule has 0 spiro atoms. The molecule has 11 heavy (non-hydrogen) atoms. The minimum atomic E-state index is -0.339. The summed E-state index contributed by atoms with van der Waals surface area (Å²) in [6.45, 7) is 9.42. The largest absolute Gasteiger partial charge is 0.242 e. The van der Waals surface area contributed by atoms with Crippen molar-refractivity contribution in [3.63, 3.8) is 0 Å². The van der Waals surface area contributed by atoms with Crippen molar-refractivity contribution >= 4 is 10.0 Å². The molecule has 1 heteroatoms. The van der Waals surface area contributed by atoms with Gasteiger partial charge in [0.05, 0.1) is 0 Å². The molecule has 0 nitrogen and oxygen atoms in total. The van der Waals surface area contributed by atoms with Crippen molar-refractivity contribution in [3.8, 4) is 0 Å². The average molecular weight is 176 g/mol. The van der Waals surface area contributed by atoms with E-state index in [-0.39, 0.29) is 10.0 Å². The standard InChI is InChI=1S/C10H24S/c1-7-9(3)11(5,6)10(4)8-2/h9-10H,7-8H2,1-6H3. The highest BCUT2D eigenvalue weighted by atomic mass is 32.3. The van der Waals surface area contributed by atoms with Crippen LogP contribution in [-0.2, 0) is 0 Å². The molecular weight excluding hydrogens is 152 g/mol. The third kappa shape index (κ3) is 2.70. The maximum Gasteiger partial charge on any atom is -0.0145 e. The van der Waals surface area contributed by atoms with Crippen LogP contribution in [0, 0.1) is 0 Å². The van der Waals surface area contributed by atoms with Crippen molar-refractivity contribution in [2.75, 3.05) is 12.5 Å². The molecule has 0 bridgehead atoms. The fraction of sp³-hybridized carbons (Fsp3) is 1.00. The summed E-state index contributed by atoms with van der Waals surface area (Å²) in [6, 6.07) is 0. The number of hydrogen-bond donors (Lipinski definition) is 0. The fourth-order valence-electron chi connectivity index (χ4n) is 1.26. The molecule has 0 aromatic rings. The Hall–Kier alpha value is 0.350. The van der Waals surface area contributed by atoms with Gasteiger partial charge in [-0.05, 0) is 35.9 Å². The highest BCUT2D eigenvalue weighted by Gasteiger charge is 2.23. The van der Waals surface area contributed by atoms with Crippen LogP contribution in [0.25, 0.3) is 0 Å². The summed E-state index contributed by atoms with van der Waals surface area (Å²) in [5, 5.41) is 1.86. The van der Waals surface area contributed by atoms with Crippen molar-refractivity contribution in [2.24, 2.45) is 0 Å². The van der Waals surface area contributed by atoms with Crippen molar-refractivity contribution in [1.29, 1.82) is 0 Å².